The van der Waals surface area contributed by atoms with Crippen molar-refractivity contribution in [1.29, 1.82) is 0 Å². The van der Waals surface area contributed by atoms with Crippen molar-refractivity contribution < 1.29 is 22.7 Å². The van der Waals surface area contributed by atoms with Crippen LogP contribution in [-0.2, 0) is 19.7 Å². The Morgan fingerprint density at radius 3 is 2.62 bits per heavy atom. The highest BCUT2D eigenvalue weighted by atomic mass is 32.2. The molecule has 0 radical (unpaired) electrons. The lowest BCUT2D eigenvalue weighted by Gasteiger charge is -2.37. The first-order valence-corrected chi connectivity index (χ1v) is 10.1. The fourth-order valence-electron chi connectivity index (χ4n) is 3.58. The molecule has 8 nitrogen and oxygen atoms in total. The van der Waals surface area contributed by atoms with Crippen LogP contribution >= 0.6 is 0 Å². The number of anilines is 1. The molecule has 26 heavy (non-hydrogen) atoms. The number of piperazine rings is 1. The van der Waals surface area contributed by atoms with E-state index >= 15 is 0 Å². The summed E-state index contributed by atoms with van der Waals surface area (Å²) in [5.74, 6) is 0.337. The smallest absolute Gasteiger partial charge is 0.282 e. The summed E-state index contributed by atoms with van der Waals surface area (Å²) >= 11 is 0. The predicted octanol–water partition coefficient (Wildman–Crippen LogP) is 0.699. The van der Waals surface area contributed by atoms with Crippen molar-refractivity contribution >= 4 is 21.8 Å². The average Bonchev–Trinajstić information content (AvgIpc) is 3.11. The Balaban J connectivity index is 1.75. The molecule has 2 saturated heterocycles. The SMILES string of the molecule is COC[C@H]1CCCN1S(=O)(=O)N1CCN(c2ccccc2OC)C(=O)C1. The van der Waals surface area contributed by atoms with Gasteiger partial charge in [-0.3, -0.25) is 4.79 Å². The van der Waals surface area contributed by atoms with Gasteiger partial charge in [0.25, 0.3) is 10.2 Å². The highest BCUT2D eigenvalue weighted by Crippen LogP contribution is 2.30. The first kappa shape index (κ1) is 19.1. The van der Waals surface area contributed by atoms with Crippen LogP contribution in [0.4, 0.5) is 5.69 Å². The summed E-state index contributed by atoms with van der Waals surface area (Å²) in [7, 11) is -0.562. The molecule has 2 heterocycles. The molecular weight excluding hydrogens is 358 g/mol. The maximum absolute atomic E-state index is 13.0. The van der Waals surface area contributed by atoms with Gasteiger partial charge in [-0.2, -0.15) is 17.0 Å². The zero-order valence-corrected chi connectivity index (χ0v) is 15.9. The Hall–Kier alpha value is -1.68. The van der Waals surface area contributed by atoms with Crippen LogP contribution in [0, 0.1) is 0 Å². The quantitative estimate of drug-likeness (QED) is 0.723. The topological polar surface area (TPSA) is 79.4 Å². The highest BCUT2D eigenvalue weighted by Gasteiger charge is 2.41. The number of nitrogens with zero attached hydrogens (tertiary/aromatic N) is 3. The molecule has 0 N–H and O–H groups in total. The minimum absolute atomic E-state index is 0.160. The molecule has 3 rings (SSSR count). The molecule has 2 fully saturated rings. The molecule has 0 bridgehead atoms. The van der Waals surface area contributed by atoms with E-state index in [4.69, 9.17) is 9.47 Å². The molecule has 0 spiro atoms. The summed E-state index contributed by atoms with van der Waals surface area (Å²) in [4.78, 5) is 14.2. The van der Waals surface area contributed by atoms with Gasteiger partial charge in [0.2, 0.25) is 5.91 Å². The molecule has 2 aliphatic heterocycles. The van der Waals surface area contributed by atoms with Crippen molar-refractivity contribution in [3.05, 3.63) is 24.3 Å². The highest BCUT2D eigenvalue weighted by molar-refractivity contribution is 7.86. The van der Waals surface area contributed by atoms with E-state index in [0.29, 0.717) is 31.1 Å². The second-order valence-corrected chi connectivity index (χ2v) is 8.30. The van der Waals surface area contributed by atoms with E-state index < -0.39 is 10.2 Å². The molecule has 1 amide bonds. The van der Waals surface area contributed by atoms with Crippen molar-refractivity contribution in [2.75, 3.05) is 51.9 Å². The molecule has 2 aliphatic rings. The number of benzene rings is 1. The third-order valence-electron chi connectivity index (χ3n) is 4.87. The zero-order valence-electron chi connectivity index (χ0n) is 15.1. The lowest BCUT2D eigenvalue weighted by atomic mass is 10.2. The minimum atomic E-state index is -3.68. The molecule has 1 atom stereocenters. The van der Waals surface area contributed by atoms with E-state index in [-0.39, 0.29) is 25.0 Å². The van der Waals surface area contributed by atoms with E-state index in [2.05, 4.69) is 0 Å². The first-order chi connectivity index (χ1) is 12.5. The lowest BCUT2D eigenvalue weighted by molar-refractivity contribution is -0.120. The van der Waals surface area contributed by atoms with E-state index in [1.807, 2.05) is 12.1 Å². The molecule has 0 aromatic heterocycles. The Morgan fingerprint density at radius 2 is 1.92 bits per heavy atom. The van der Waals surface area contributed by atoms with Crippen LogP contribution in [-0.4, -0.2) is 76.0 Å². The van der Waals surface area contributed by atoms with Gasteiger partial charge in [0.1, 0.15) is 5.75 Å². The number of methoxy groups -OCH3 is 2. The van der Waals surface area contributed by atoms with Crippen LogP contribution in [0.25, 0.3) is 0 Å². The Labute approximate surface area is 154 Å². The third-order valence-corrected chi connectivity index (χ3v) is 6.90. The molecule has 1 aromatic carbocycles. The van der Waals surface area contributed by atoms with Gasteiger partial charge in [0.15, 0.2) is 0 Å². The van der Waals surface area contributed by atoms with Gasteiger partial charge in [0, 0.05) is 32.8 Å². The van der Waals surface area contributed by atoms with Crippen LogP contribution in [0.15, 0.2) is 24.3 Å². The normalized spacial score (nSPS) is 22.8. The van der Waals surface area contributed by atoms with Crippen molar-refractivity contribution in [3.63, 3.8) is 0 Å². The molecule has 0 saturated carbocycles. The molecule has 144 valence electrons. The summed E-state index contributed by atoms with van der Waals surface area (Å²) in [6.45, 7) is 1.21. The van der Waals surface area contributed by atoms with Crippen LogP contribution in [0.3, 0.4) is 0 Å². The van der Waals surface area contributed by atoms with E-state index in [1.54, 1.807) is 31.3 Å². The van der Waals surface area contributed by atoms with E-state index in [9.17, 15) is 13.2 Å². The van der Waals surface area contributed by atoms with Gasteiger partial charge in [-0.25, -0.2) is 0 Å². The zero-order chi connectivity index (χ0) is 18.7. The average molecular weight is 383 g/mol. The number of carbonyl (C=O) groups excluding carboxylic acids is 1. The Morgan fingerprint density at radius 1 is 1.15 bits per heavy atom. The fraction of sp³-hybridized carbons (Fsp3) is 0.588. The van der Waals surface area contributed by atoms with E-state index in [1.165, 1.54) is 8.61 Å². The number of hydrogen-bond acceptors (Lipinski definition) is 5. The molecule has 0 aliphatic carbocycles. The number of ether oxygens (including phenoxy) is 2. The fourth-order valence-corrected chi connectivity index (χ4v) is 5.36. The Kier molecular flexibility index (Phi) is 5.81. The van der Waals surface area contributed by atoms with Crippen LogP contribution < -0.4 is 9.64 Å². The monoisotopic (exact) mass is 383 g/mol. The van der Waals surface area contributed by atoms with Gasteiger partial charge < -0.3 is 14.4 Å². The lowest BCUT2D eigenvalue weighted by Crippen LogP contribution is -2.56. The van der Waals surface area contributed by atoms with Crippen LogP contribution in [0.5, 0.6) is 5.75 Å². The summed E-state index contributed by atoms with van der Waals surface area (Å²) < 4.78 is 39.2. The molecular formula is C17H25N3O5S. The number of carbonyl (C=O) groups is 1. The largest absolute Gasteiger partial charge is 0.495 e. The standard InChI is InChI=1S/C17H25N3O5S/c1-24-13-14-6-5-9-20(14)26(22,23)18-10-11-19(17(21)12-18)15-7-3-4-8-16(15)25-2/h3-4,7-8,14H,5-6,9-13H2,1-2H3/t14-/m1/s1. The summed E-state index contributed by atoms with van der Waals surface area (Å²) in [6, 6.07) is 7.08. The van der Waals surface area contributed by atoms with Gasteiger partial charge >= 0.3 is 0 Å². The summed E-state index contributed by atoms with van der Waals surface area (Å²) in [5.41, 5.74) is 0.662. The van der Waals surface area contributed by atoms with Crippen molar-refractivity contribution in [2.24, 2.45) is 0 Å². The van der Waals surface area contributed by atoms with Crippen molar-refractivity contribution in [2.45, 2.75) is 18.9 Å². The van der Waals surface area contributed by atoms with Gasteiger partial charge in [-0.05, 0) is 25.0 Å². The van der Waals surface area contributed by atoms with E-state index in [0.717, 1.165) is 12.8 Å². The second-order valence-electron chi connectivity index (χ2n) is 6.42. The first-order valence-electron chi connectivity index (χ1n) is 8.68. The van der Waals surface area contributed by atoms with Gasteiger partial charge in [-0.15, -0.1) is 0 Å². The number of hydrogen-bond donors (Lipinski definition) is 0. The van der Waals surface area contributed by atoms with Crippen molar-refractivity contribution in [3.8, 4) is 5.75 Å². The van der Waals surface area contributed by atoms with Crippen LogP contribution in [0.1, 0.15) is 12.8 Å². The Bertz CT molecular complexity index is 755. The number of para-hydroxylation sites is 2. The number of amides is 1. The maximum Gasteiger partial charge on any atom is 0.282 e. The summed E-state index contributed by atoms with van der Waals surface area (Å²) in [6.07, 6.45) is 1.59. The van der Waals surface area contributed by atoms with Gasteiger partial charge in [0.05, 0.1) is 25.9 Å². The molecule has 1 aromatic rings. The maximum atomic E-state index is 13.0. The van der Waals surface area contributed by atoms with Gasteiger partial charge in [-0.1, -0.05) is 12.1 Å². The summed E-state index contributed by atoms with van der Waals surface area (Å²) in [5, 5.41) is 0. The third kappa shape index (κ3) is 3.57. The van der Waals surface area contributed by atoms with Crippen molar-refractivity contribution in [1.82, 2.24) is 8.61 Å². The van der Waals surface area contributed by atoms with Crippen LogP contribution in [0.2, 0.25) is 0 Å². The molecule has 9 heteroatoms. The minimum Gasteiger partial charge on any atom is -0.495 e. The predicted molar refractivity (Wildman–Crippen MR) is 97.4 cm³/mol. The second kappa shape index (κ2) is 7.91. The number of rotatable bonds is 6. The molecule has 0 unspecified atom stereocenters.